The average molecular weight is 502 g/mol. The molecule has 0 saturated heterocycles. The Kier molecular flexibility index (Phi) is 25.0. The van der Waals surface area contributed by atoms with Gasteiger partial charge in [-0.2, -0.15) is 0 Å². The van der Waals surface area contributed by atoms with E-state index in [2.05, 4.69) is 24.4 Å². The molecule has 5 nitrogen and oxygen atoms in total. The normalized spacial score (nSPS) is 12.0. The Morgan fingerprint density at radius 3 is 1.62 bits per heavy atom. The Bertz CT molecular complexity index is 519. The average Bonchev–Trinajstić information content (AvgIpc) is 2.79. The van der Waals surface area contributed by atoms with Crippen molar-refractivity contribution < 1.29 is 19.1 Å². The molecule has 1 amide bonds. The summed E-state index contributed by atoms with van der Waals surface area (Å²) in [6, 6.07) is 0. The summed E-state index contributed by atoms with van der Waals surface area (Å²) in [6.45, 7) is 3.07. The van der Waals surface area contributed by atoms with E-state index in [0.29, 0.717) is 12.8 Å². The molecular formula is C28H56NO4P. The first-order valence-electron chi connectivity index (χ1n) is 14.4. The second-order valence-electron chi connectivity index (χ2n) is 9.90. The van der Waals surface area contributed by atoms with Crippen LogP contribution in [0.1, 0.15) is 148 Å². The van der Waals surface area contributed by atoms with Gasteiger partial charge in [0.15, 0.2) is 0 Å². The number of nitrogens with one attached hydrogen (secondary N) is 1. The zero-order chi connectivity index (χ0) is 25.2. The Morgan fingerprint density at radius 1 is 0.647 bits per heavy atom. The van der Waals surface area contributed by atoms with E-state index in [1.807, 2.05) is 0 Å². The molecule has 202 valence electrons. The lowest BCUT2D eigenvalue weighted by molar-refractivity contribution is -0.121. The maximum Gasteiger partial charge on any atom is 0.325 e. The smallest absolute Gasteiger partial charge is 0.325 e. The molecular weight excluding hydrogens is 445 g/mol. The third kappa shape index (κ3) is 29.4. The molecule has 0 aliphatic heterocycles. The van der Waals surface area contributed by atoms with Gasteiger partial charge in [-0.05, 0) is 44.9 Å². The third-order valence-corrected chi connectivity index (χ3v) is 7.26. The zero-order valence-corrected chi connectivity index (χ0v) is 23.2. The number of carbonyl (C=O) groups excluding carboxylic acids is 1. The monoisotopic (exact) mass is 501 g/mol. The van der Waals surface area contributed by atoms with E-state index in [0.717, 1.165) is 51.5 Å². The summed E-state index contributed by atoms with van der Waals surface area (Å²) in [5, 5.41) is 3.04. The highest BCUT2D eigenvalue weighted by Gasteiger charge is 2.10. The van der Waals surface area contributed by atoms with Gasteiger partial charge in [0.2, 0.25) is 5.91 Å². The lowest BCUT2D eigenvalue weighted by Gasteiger charge is -2.06. The Balaban J connectivity index is 3.23. The van der Waals surface area contributed by atoms with Crippen LogP contribution in [-0.4, -0.2) is 28.4 Å². The van der Waals surface area contributed by atoms with Crippen LogP contribution in [0.3, 0.4) is 0 Å². The molecule has 0 saturated carbocycles. The highest BCUT2D eigenvalue weighted by Crippen LogP contribution is 2.35. The summed E-state index contributed by atoms with van der Waals surface area (Å²) in [7, 11) is -3.82. The SMILES string of the molecule is CCCCCCCC/C=C/CCCCCCCCNC(=O)CCCCCCCCCP(=O)(O)O. The van der Waals surface area contributed by atoms with Crippen molar-refractivity contribution in [3.8, 4) is 0 Å². The minimum absolute atomic E-state index is 0.00414. The fraction of sp³-hybridized carbons (Fsp3) is 0.893. The summed E-state index contributed by atoms with van der Waals surface area (Å²) >= 11 is 0. The van der Waals surface area contributed by atoms with Crippen LogP contribution in [0.2, 0.25) is 0 Å². The Labute approximate surface area is 211 Å². The fourth-order valence-electron chi connectivity index (χ4n) is 4.18. The van der Waals surface area contributed by atoms with E-state index in [1.54, 1.807) is 0 Å². The second-order valence-corrected chi connectivity index (χ2v) is 11.7. The second kappa shape index (κ2) is 25.5. The quantitative estimate of drug-likeness (QED) is 0.0630. The molecule has 0 aromatic rings. The number of hydrogen-bond acceptors (Lipinski definition) is 2. The number of unbranched alkanes of at least 4 members (excludes halogenated alkanes) is 18. The van der Waals surface area contributed by atoms with Crippen molar-refractivity contribution in [3.63, 3.8) is 0 Å². The maximum atomic E-state index is 11.9. The zero-order valence-electron chi connectivity index (χ0n) is 22.3. The van der Waals surface area contributed by atoms with Crippen LogP contribution in [0.25, 0.3) is 0 Å². The molecule has 0 aliphatic carbocycles. The van der Waals surface area contributed by atoms with E-state index < -0.39 is 7.60 Å². The molecule has 34 heavy (non-hydrogen) atoms. The van der Waals surface area contributed by atoms with Crippen molar-refractivity contribution in [1.29, 1.82) is 0 Å². The topological polar surface area (TPSA) is 86.6 Å². The molecule has 0 aromatic carbocycles. The predicted molar refractivity (Wildman–Crippen MR) is 146 cm³/mol. The molecule has 3 N–H and O–H groups in total. The molecule has 0 unspecified atom stereocenters. The first-order valence-corrected chi connectivity index (χ1v) is 16.2. The van der Waals surface area contributed by atoms with Crippen LogP contribution in [0.5, 0.6) is 0 Å². The minimum Gasteiger partial charge on any atom is -0.356 e. The highest BCUT2D eigenvalue weighted by atomic mass is 31.2. The Morgan fingerprint density at radius 2 is 1.09 bits per heavy atom. The molecule has 0 spiro atoms. The molecule has 0 bridgehead atoms. The summed E-state index contributed by atoms with van der Waals surface area (Å²) in [5.41, 5.74) is 0. The number of hydrogen-bond donors (Lipinski definition) is 3. The molecule has 0 fully saturated rings. The van der Waals surface area contributed by atoms with Crippen molar-refractivity contribution in [3.05, 3.63) is 12.2 Å². The highest BCUT2D eigenvalue weighted by molar-refractivity contribution is 7.51. The lowest BCUT2D eigenvalue weighted by atomic mass is 10.1. The van der Waals surface area contributed by atoms with Gasteiger partial charge in [0.05, 0.1) is 0 Å². The van der Waals surface area contributed by atoms with E-state index >= 15 is 0 Å². The number of rotatable bonds is 26. The number of carbonyl (C=O) groups is 1. The van der Waals surface area contributed by atoms with Crippen LogP contribution in [0.15, 0.2) is 12.2 Å². The van der Waals surface area contributed by atoms with E-state index in [1.165, 1.54) is 83.5 Å². The molecule has 0 atom stereocenters. The fourth-order valence-corrected chi connectivity index (χ4v) is 4.81. The van der Waals surface area contributed by atoms with E-state index in [9.17, 15) is 9.36 Å². The molecule has 0 aliphatic rings. The largest absolute Gasteiger partial charge is 0.356 e. The van der Waals surface area contributed by atoms with Crippen LogP contribution in [0.4, 0.5) is 0 Å². The van der Waals surface area contributed by atoms with Gasteiger partial charge in [0.25, 0.3) is 0 Å². The maximum absolute atomic E-state index is 11.9. The molecule has 0 rings (SSSR count). The minimum atomic E-state index is -3.82. The van der Waals surface area contributed by atoms with Crippen molar-refractivity contribution in [2.24, 2.45) is 0 Å². The summed E-state index contributed by atoms with van der Waals surface area (Å²) in [6.07, 6.45) is 30.2. The molecule has 0 aromatic heterocycles. The van der Waals surface area contributed by atoms with Crippen LogP contribution < -0.4 is 5.32 Å². The molecule has 0 heterocycles. The number of amides is 1. The standard InChI is InChI=1S/C28H56NO4P/c1-2-3-4-5-6-7-8-9-10-11-12-13-14-17-20-23-26-29-28(30)25-22-19-16-15-18-21-24-27-34(31,32)33/h9-10H,2-8,11-27H2,1H3,(H,29,30)(H2,31,32,33)/b10-9+. The van der Waals surface area contributed by atoms with Crippen molar-refractivity contribution in [2.45, 2.75) is 148 Å². The van der Waals surface area contributed by atoms with Gasteiger partial charge >= 0.3 is 7.60 Å². The van der Waals surface area contributed by atoms with Crippen molar-refractivity contribution in [2.75, 3.05) is 12.7 Å². The lowest BCUT2D eigenvalue weighted by Crippen LogP contribution is -2.23. The van der Waals surface area contributed by atoms with Crippen molar-refractivity contribution in [1.82, 2.24) is 5.32 Å². The predicted octanol–water partition coefficient (Wildman–Crippen LogP) is 8.44. The molecule has 0 radical (unpaired) electrons. The van der Waals surface area contributed by atoms with Crippen LogP contribution in [-0.2, 0) is 9.36 Å². The van der Waals surface area contributed by atoms with E-state index in [-0.39, 0.29) is 12.1 Å². The van der Waals surface area contributed by atoms with Gasteiger partial charge in [0, 0.05) is 19.1 Å². The van der Waals surface area contributed by atoms with Crippen LogP contribution >= 0.6 is 7.60 Å². The molecule has 6 heteroatoms. The van der Waals surface area contributed by atoms with Gasteiger partial charge in [-0.3, -0.25) is 9.36 Å². The summed E-state index contributed by atoms with van der Waals surface area (Å²) in [5.74, 6) is 0.175. The van der Waals surface area contributed by atoms with E-state index in [4.69, 9.17) is 9.79 Å². The number of allylic oxidation sites excluding steroid dienone is 2. The van der Waals surface area contributed by atoms with Gasteiger partial charge in [-0.25, -0.2) is 0 Å². The Hall–Kier alpha value is -0.640. The van der Waals surface area contributed by atoms with Crippen molar-refractivity contribution >= 4 is 13.5 Å². The first kappa shape index (κ1) is 33.4. The summed E-state index contributed by atoms with van der Waals surface area (Å²) in [4.78, 5) is 29.5. The van der Waals surface area contributed by atoms with Crippen LogP contribution in [0, 0.1) is 0 Å². The third-order valence-electron chi connectivity index (χ3n) is 6.36. The van der Waals surface area contributed by atoms with Gasteiger partial charge in [-0.1, -0.05) is 109 Å². The van der Waals surface area contributed by atoms with Gasteiger partial charge in [-0.15, -0.1) is 0 Å². The first-order chi connectivity index (χ1) is 16.5. The van der Waals surface area contributed by atoms with Gasteiger partial charge in [0.1, 0.15) is 0 Å². The summed E-state index contributed by atoms with van der Waals surface area (Å²) < 4.78 is 10.8. The van der Waals surface area contributed by atoms with Gasteiger partial charge < -0.3 is 15.1 Å².